The van der Waals surface area contributed by atoms with Crippen molar-refractivity contribution < 1.29 is 14.6 Å². The Balaban J connectivity index is 1.89. The Kier molecular flexibility index (Phi) is 5.53. The number of aromatic nitrogens is 2. The molecule has 176 valence electrons. The van der Waals surface area contributed by atoms with Gasteiger partial charge in [0.1, 0.15) is 11.5 Å². The van der Waals surface area contributed by atoms with Crippen LogP contribution in [-0.2, 0) is 18.3 Å². The smallest absolute Gasteiger partial charge is 0.258 e. The van der Waals surface area contributed by atoms with Gasteiger partial charge in [0.25, 0.3) is 5.56 Å². The zero-order valence-corrected chi connectivity index (χ0v) is 19.4. The van der Waals surface area contributed by atoms with Crippen molar-refractivity contribution in [3.8, 4) is 11.5 Å². The maximum atomic E-state index is 13.7. The van der Waals surface area contributed by atoms with Gasteiger partial charge in [0.15, 0.2) is 0 Å². The first-order chi connectivity index (χ1) is 16.9. The van der Waals surface area contributed by atoms with Crippen LogP contribution in [0, 0.1) is 0 Å². The Morgan fingerprint density at radius 1 is 1.03 bits per heavy atom. The van der Waals surface area contributed by atoms with Crippen molar-refractivity contribution in [2.45, 2.75) is 12.3 Å². The summed E-state index contributed by atoms with van der Waals surface area (Å²) in [6.07, 6.45) is -0.0132. The highest BCUT2D eigenvalue weighted by molar-refractivity contribution is 5.91. The number of rotatable bonds is 6. The van der Waals surface area contributed by atoms with E-state index in [4.69, 9.17) is 10.5 Å². The third-order valence-electron chi connectivity index (χ3n) is 6.53. The zero-order chi connectivity index (χ0) is 24.7. The van der Waals surface area contributed by atoms with E-state index in [0.29, 0.717) is 27.9 Å². The third-order valence-corrected chi connectivity index (χ3v) is 6.53. The first-order valence-electron chi connectivity index (χ1n) is 11.2. The van der Waals surface area contributed by atoms with Gasteiger partial charge in [-0.1, -0.05) is 42.5 Å². The summed E-state index contributed by atoms with van der Waals surface area (Å²) in [5, 5.41) is 12.9. The largest absolute Gasteiger partial charge is 0.507 e. The minimum Gasteiger partial charge on any atom is -0.507 e. The Hall–Kier alpha value is -4.52. The lowest BCUT2D eigenvalue weighted by atomic mass is 9.85. The summed E-state index contributed by atoms with van der Waals surface area (Å²) in [5.74, 6) is -0.601. The van der Waals surface area contributed by atoms with Gasteiger partial charge < -0.3 is 25.1 Å². The molecule has 5 rings (SSSR count). The van der Waals surface area contributed by atoms with Crippen LogP contribution in [0.2, 0.25) is 0 Å². The molecule has 0 saturated carbocycles. The van der Waals surface area contributed by atoms with E-state index in [-0.39, 0.29) is 23.3 Å². The zero-order valence-electron chi connectivity index (χ0n) is 19.4. The highest BCUT2D eigenvalue weighted by atomic mass is 16.5. The van der Waals surface area contributed by atoms with Gasteiger partial charge in [0.05, 0.1) is 30.5 Å². The van der Waals surface area contributed by atoms with E-state index in [1.807, 2.05) is 48.5 Å². The van der Waals surface area contributed by atoms with E-state index in [9.17, 15) is 14.7 Å². The quantitative estimate of drug-likeness (QED) is 0.351. The summed E-state index contributed by atoms with van der Waals surface area (Å²) in [6.45, 7) is 0. The molecule has 4 N–H and O–H groups in total. The van der Waals surface area contributed by atoms with Gasteiger partial charge >= 0.3 is 0 Å². The Bertz CT molecular complexity index is 1630. The van der Waals surface area contributed by atoms with Crippen molar-refractivity contribution in [1.29, 1.82) is 0 Å². The van der Waals surface area contributed by atoms with Crippen molar-refractivity contribution in [2.24, 2.45) is 12.8 Å². The molecule has 1 unspecified atom stereocenters. The van der Waals surface area contributed by atoms with Crippen LogP contribution in [0.4, 0.5) is 0 Å². The molecule has 1 atom stereocenters. The van der Waals surface area contributed by atoms with E-state index in [2.05, 4.69) is 4.98 Å². The Morgan fingerprint density at radius 3 is 2.37 bits per heavy atom. The summed E-state index contributed by atoms with van der Waals surface area (Å²) in [4.78, 5) is 29.2. The fourth-order valence-electron chi connectivity index (χ4n) is 4.87. The fourth-order valence-corrected chi connectivity index (χ4v) is 4.87. The number of carbonyl (C=O) groups is 1. The first-order valence-corrected chi connectivity index (χ1v) is 11.2. The molecule has 2 heterocycles. The summed E-state index contributed by atoms with van der Waals surface area (Å²) in [7, 11) is 3.27. The number of aryl methyl sites for hydroxylation is 1. The molecule has 0 aliphatic carbocycles. The number of pyridine rings is 1. The van der Waals surface area contributed by atoms with Gasteiger partial charge in [0, 0.05) is 29.0 Å². The average molecular weight is 468 g/mol. The van der Waals surface area contributed by atoms with Gasteiger partial charge in [0.2, 0.25) is 5.91 Å². The molecule has 0 bridgehead atoms. The average Bonchev–Trinajstić information content (AvgIpc) is 3.22. The highest BCUT2D eigenvalue weighted by Crippen LogP contribution is 2.41. The number of nitrogens with one attached hydrogen (secondary N) is 1. The number of amides is 1. The molecular formula is C28H25N3O4. The monoisotopic (exact) mass is 467 g/mol. The molecule has 0 radical (unpaired) electrons. The number of hydrogen-bond donors (Lipinski definition) is 3. The van der Waals surface area contributed by atoms with Crippen molar-refractivity contribution in [1.82, 2.24) is 9.55 Å². The van der Waals surface area contributed by atoms with E-state index in [1.54, 1.807) is 38.4 Å². The summed E-state index contributed by atoms with van der Waals surface area (Å²) < 4.78 is 6.86. The Labute approximate surface area is 201 Å². The van der Waals surface area contributed by atoms with Crippen LogP contribution in [0.5, 0.6) is 11.5 Å². The van der Waals surface area contributed by atoms with Gasteiger partial charge in [-0.25, -0.2) is 0 Å². The predicted octanol–water partition coefficient (Wildman–Crippen LogP) is 3.94. The number of aromatic amines is 1. The number of primary amides is 1. The molecule has 0 aliphatic heterocycles. The number of nitrogens with zero attached hydrogens (tertiary/aromatic N) is 1. The summed E-state index contributed by atoms with van der Waals surface area (Å²) in [5.41, 5.74) is 9.05. The standard InChI is InChI=1S/C28H25N3O4/c1-31-22-10-6-4-8-19(22)27(33)25(28(31)34)24(16-11-13-17(35-2)14-12-16)26-20(15-23(29)32)18-7-3-5-9-21(18)30-26/h3-14,24,30,33H,15H2,1-2H3,(H2,29,32). The van der Waals surface area contributed by atoms with Crippen LogP contribution in [-0.4, -0.2) is 27.7 Å². The van der Waals surface area contributed by atoms with Gasteiger partial charge in [-0.3, -0.25) is 9.59 Å². The predicted molar refractivity (Wildman–Crippen MR) is 136 cm³/mol. The summed E-state index contributed by atoms with van der Waals surface area (Å²) in [6, 6.07) is 22.2. The normalized spacial score (nSPS) is 12.2. The third kappa shape index (κ3) is 3.71. The molecule has 7 nitrogen and oxygen atoms in total. The maximum Gasteiger partial charge on any atom is 0.258 e. The molecule has 2 aromatic heterocycles. The highest BCUT2D eigenvalue weighted by Gasteiger charge is 2.30. The number of hydrogen-bond acceptors (Lipinski definition) is 4. The van der Waals surface area contributed by atoms with Crippen LogP contribution >= 0.6 is 0 Å². The number of aromatic hydroxyl groups is 1. The number of H-pyrrole nitrogens is 1. The van der Waals surface area contributed by atoms with Gasteiger partial charge in [-0.15, -0.1) is 0 Å². The van der Waals surface area contributed by atoms with Gasteiger partial charge in [-0.2, -0.15) is 0 Å². The number of fused-ring (bicyclic) bond motifs is 2. The van der Waals surface area contributed by atoms with E-state index in [1.165, 1.54) is 4.57 Å². The van der Waals surface area contributed by atoms with E-state index in [0.717, 1.165) is 16.5 Å². The fraction of sp³-hybridized carbons (Fsp3) is 0.143. The van der Waals surface area contributed by atoms with Gasteiger partial charge in [-0.05, 0) is 41.5 Å². The number of nitrogens with two attached hydrogens (primary N) is 1. The molecule has 3 aromatic carbocycles. The maximum absolute atomic E-state index is 13.7. The van der Waals surface area contributed by atoms with Crippen LogP contribution in [0.15, 0.2) is 77.6 Å². The lowest BCUT2D eigenvalue weighted by Crippen LogP contribution is -2.26. The van der Waals surface area contributed by atoms with Crippen LogP contribution in [0.25, 0.3) is 21.8 Å². The second kappa shape index (κ2) is 8.68. The van der Waals surface area contributed by atoms with Crippen molar-refractivity contribution in [3.63, 3.8) is 0 Å². The molecule has 0 saturated heterocycles. The topological polar surface area (TPSA) is 110 Å². The molecule has 0 fully saturated rings. The molecule has 0 spiro atoms. The number of ether oxygens (including phenoxy) is 1. The van der Waals surface area contributed by atoms with Crippen molar-refractivity contribution >= 4 is 27.7 Å². The molecule has 7 heteroatoms. The molecule has 0 aliphatic rings. The van der Waals surface area contributed by atoms with E-state index >= 15 is 0 Å². The van der Waals surface area contributed by atoms with Crippen molar-refractivity contribution in [3.05, 3.63) is 106 Å². The second-order valence-corrected chi connectivity index (χ2v) is 8.56. The molecular weight excluding hydrogens is 442 g/mol. The van der Waals surface area contributed by atoms with Crippen LogP contribution < -0.4 is 16.0 Å². The first kappa shape index (κ1) is 22.3. The minimum atomic E-state index is -0.689. The SMILES string of the molecule is COc1ccc(C(c2[nH]c3ccccc3c2CC(N)=O)c2c(O)c3ccccc3n(C)c2=O)cc1. The number of para-hydroxylation sites is 2. The molecule has 5 aromatic rings. The lowest BCUT2D eigenvalue weighted by molar-refractivity contribution is -0.117. The number of methoxy groups -OCH3 is 1. The molecule has 1 amide bonds. The van der Waals surface area contributed by atoms with Crippen LogP contribution in [0.3, 0.4) is 0 Å². The Morgan fingerprint density at radius 2 is 1.69 bits per heavy atom. The second-order valence-electron chi connectivity index (χ2n) is 8.56. The van der Waals surface area contributed by atoms with E-state index < -0.39 is 11.8 Å². The minimum absolute atomic E-state index is 0.0132. The van der Waals surface area contributed by atoms with Crippen LogP contribution in [0.1, 0.15) is 28.3 Å². The van der Waals surface area contributed by atoms with Crippen molar-refractivity contribution in [2.75, 3.05) is 7.11 Å². The number of carbonyl (C=O) groups excluding carboxylic acids is 1. The molecule has 35 heavy (non-hydrogen) atoms. The lowest BCUT2D eigenvalue weighted by Gasteiger charge is -2.22. The summed E-state index contributed by atoms with van der Waals surface area (Å²) >= 11 is 0. The number of benzene rings is 3.